The molecular formula is C22H27FN4. The van der Waals surface area contributed by atoms with Gasteiger partial charge in [0.25, 0.3) is 0 Å². The molecule has 3 atom stereocenters. The normalized spacial score (nSPS) is 27.2. The monoisotopic (exact) mass is 366 g/mol. The van der Waals surface area contributed by atoms with Crippen LogP contribution in [0.25, 0.3) is 0 Å². The summed E-state index contributed by atoms with van der Waals surface area (Å²) in [6.07, 6.45) is 9.53. The van der Waals surface area contributed by atoms with E-state index in [0.29, 0.717) is 6.04 Å². The zero-order valence-corrected chi connectivity index (χ0v) is 15.6. The quantitative estimate of drug-likeness (QED) is 0.867. The van der Waals surface area contributed by atoms with Crippen LogP contribution in [0.3, 0.4) is 0 Å². The number of anilines is 3. The molecule has 0 saturated carbocycles. The SMILES string of the molecule is Fc1cccc(N2CCC[C@@H](Nc3cc(N4C5CCCC4C5)ccn3)C2)c1. The Kier molecular flexibility index (Phi) is 4.38. The molecule has 5 rings (SSSR count). The summed E-state index contributed by atoms with van der Waals surface area (Å²) < 4.78 is 13.6. The highest BCUT2D eigenvalue weighted by molar-refractivity contribution is 5.58. The second-order valence-electron chi connectivity index (χ2n) is 8.19. The highest BCUT2D eigenvalue weighted by Gasteiger charge is 2.41. The Morgan fingerprint density at radius 3 is 2.70 bits per heavy atom. The van der Waals surface area contributed by atoms with Crippen molar-refractivity contribution >= 4 is 17.2 Å². The first-order chi connectivity index (χ1) is 13.3. The summed E-state index contributed by atoms with van der Waals surface area (Å²) in [5, 5.41) is 3.63. The Morgan fingerprint density at radius 2 is 1.89 bits per heavy atom. The molecule has 3 saturated heterocycles. The Balaban J connectivity index is 1.27. The maximum atomic E-state index is 13.6. The minimum absolute atomic E-state index is 0.169. The largest absolute Gasteiger partial charge is 0.369 e. The van der Waals surface area contributed by atoms with Crippen molar-refractivity contribution in [3.63, 3.8) is 0 Å². The zero-order chi connectivity index (χ0) is 18.2. The van der Waals surface area contributed by atoms with E-state index in [1.54, 1.807) is 12.1 Å². The molecule has 142 valence electrons. The van der Waals surface area contributed by atoms with Crippen molar-refractivity contribution in [2.75, 3.05) is 28.2 Å². The van der Waals surface area contributed by atoms with Crippen LogP contribution in [0.4, 0.5) is 21.6 Å². The van der Waals surface area contributed by atoms with E-state index < -0.39 is 0 Å². The highest BCUT2D eigenvalue weighted by atomic mass is 19.1. The third-order valence-electron chi connectivity index (χ3n) is 6.39. The molecule has 0 spiro atoms. The highest BCUT2D eigenvalue weighted by Crippen LogP contribution is 2.42. The standard InChI is InChI=1S/C22H27FN4/c23-16-4-1-6-18(12-16)26-11-3-5-17(15-26)25-22-14-21(9-10-24-22)27-19-7-2-8-20(27)13-19/h1,4,6,9-10,12,14,17,19-20H,2-3,5,7-8,11,13,15H2,(H,24,25)/t17-,19?,20?/m1/s1. The maximum Gasteiger partial charge on any atom is 0.128 e. The summed E-state index contributed by atoms with van der Waals surface area (Å²) in [5.41, 5.74) is 2.28. The molecule has 1 N–H and O–H groups in total. The molecule has 3 aliphatic heterocycles. The number of rotatable bonds is 4. The van der Waals surface area contributed by atoms with Gasteiger partial charge in [0.1, 0.15) is 11.6 Å². The topological polar surface area (TPSA) is 31.4 Å². The number of nitrogens with one attached hydrogen (secondary N) is 1. The van der Waals surface area contributed by atoms with Crippen molar-refractivity contribution in [1.82, 2.24) is 4.98 Å². The first-order valence-corrected chi connectivity index (χ1v) is 10.3. The van der Waals surface area contributed by atoms with Crippen LogP contribution in [0.1, 0.15) is 38.5 Å². The van der Waals surface area contributed by atoms with Crippen LogP contribution < -0.4 is 15.1 Å². The Bertz CT molecular complexity index is 796. The third kappa shape index (κ3) is 3.35. The van der Waals surface area contributed by atoms with E-state index in [1.165, 1.54) is 37.4 Å². The summed E-state index contributed by atoms with van der Waals surface area (Å²) in [6.45, 7) is 1.86. The fourth-order valence-corrected chi connectivity index (χ4v) is 5.10. The molecule has 0 amide bonds. The number of aromatic nitrogens is 1. The molecule has 1 aromatic carbocycles. The Morgan fingerprint density at radius 1 is 1.00 bits per heavy atom. The second kappa shape index (κ2) is 7.02. The average molecular weight is 366 g/mol. The van der Waals surface area contributed by atoms with E-state index >= 15 is 0 Å². The fourth-order valence-electron chi connectivity index (χ4n) is 5.10. The zero-order valence-electron chi connectivity index (χ0n) is 15.6. The van der Waals surface area contributed by atoms with E-state index in [4.69, 9.17) is 0 Å². The first kappa shape index (κ1) is 16.8. The molecule has 3 aliphatic rings. The number of nitrogens with zero attached hydrogens (tertiary/aromatic N) is 3. The van der Waals surface area contributed by atoms with Crippen molar-refractivity contribution in [2.24, 2.45) is 0 Å². The number of halogens is 1. The van der Waals surface area contributed by atoms with Gasteiger partial charge in [-0.1, -0.05) is 6.07 Å². The molecule has 1 aromatic heterocycles. The van der Waals surface area contributed by atoms with Crippen molar-refractivity contribution in [1.29, 1.82) is 0 Å². The van der Waals surface area contributed by atoms with Gasteiger partial charge >= 0.3 is 0 Å². The van der Waals surface area contributed by atoms with Gasteiger partial charge in [0.05, 0.1) is 0 Å². The van der Waals surface area contributed by atoms with E-state index in [2.05, 4.69) is 32.2 Å². The van der Waals surface area contributed by atoms with E-state index in [0.717, 1.165) is 49.5 Å². The molecule has 4 heterocycles. The number of piperidine rings is 2. The van der Waals surface area contributed by atoms with Gasteiger partial charge in [0, 0.05) is 54.9 Å². The van der Waals surface area contributed by atoms with Crippen molar-refractivity contribution in [3.05, 3.63) is 48.4 Å². The minimum Gasteiger partial charge on any atom is -0.369 e. The summed E-state index contributed by atoms with van der Waals surface area (Å²) in [7, 11) is 0. The van der Waals surface area contributed by atoms with Crippen LogP contribution in [0.5, 0.6) is 0 Å². The second-order valence-corrected chi connectivity index (χ2v) is 8.19. The molecule has 27 heavy (non-hydrogen) atoms. The van der Waals surface area contributed by atoms with Gasteiger partial charge in [-0.3, -0.25) is 0 Å². The van der Waals surface area contributed by atoms with Crippen molar-refractivity contribution < 1.29 is 4.39 Å². The predicted molar refractivity (Wildman–Crippen MR) is 108 cm³/mol. The average Bonchev–Trinajstić information content (AvgIpc) is 2.69. The molecular weight excluding hydrogens is 339 g/mol. The van der Waals surface area contributed by atoms with Gasteiger partial charge in [0.15, 0.2) is 0 Å². The van der Waals surface area contributed by atoms with Crippen molar-refractivity contribution in [3.8, 4) is 0 Å². The summed E-state index contributed by atoms with van der Waals surface area (Å²) in [4.78, 5) is 9.43. The fraction of sp³-hybridized carbons (Fsp3) is 0.500. The minimum atomic E-state index is -0.169. The maximum absolute atomic E-state index is 13.6. The van der Waals surface area contributed by atoms with Gasteiger partial charge < -0.3 is 15.1 Å². The first-order valence-electron chi connectivity index (χ1n) is 10.3. The van der Waals surface area contributed by atoms with E-state index in [1.807, 2.05) is 12.3 Å². The lowest BCUT2D eigenvalue weighted by molar-refractivity contribution is 0.244. The lowest BCUT2D eigenvalue weighted by Gasteiger charge is -2.54. The van der Waals surface area contributed by atoms with Crippen LogP contribution in [-0.2, 0) is 0 Å². The summed E-state index contributed by atoms with van der Waals surface area (Å²) >= 11 is 0. The van der Waals surface area contributed by atoms with Gasteiger partial charge in [-0.25, -0.2) is 9.37 Å². The Hall–Kier alpha value is -2.30. The molecule has 5 heteroatoms. The van der Waals surface area contributed by atoms with E-state index in [-0.39, 0.29) is 5.82 Å². The van der Waals surface area contributed by atoms with Crippen LogP contribution >= 0.6 is 0 Å². The molecule has 0 aliphatic carbocycles. The Labute approximate surface area is 160 Å². The third-order valence-corrected chi connectivity index (χ3v) is 6.39. The van der Waals surface area contributed by atoms with Crippen LogP contribution in [-0.4, -0.2) is 36.2 Å². The molecule has 0 radical (unpaired) electrons. The number of hydrogen-bond donors (Lipinski definition) is 1. The number of pyridine rings is 1. The smallest absolute Gasteiger partial charge is 0.128 e. The molecule has 3 fully saturated rings. The van der Waals surface area contributed by atoms with Crippen LogP contribution in [0.2, 0.25) is 0 Å². The van der Waals surface area contributed by atoms with Crippen LogP contribution in [0.15, 0.2) is 42.6 Å². The summed E-state index contributed by atoms with van der Waals surface area (Å²) in [5.74, 6) is 0.792. The lowest BCUT2D eigenvalue weighted by atomic mass is 9.79. The molecule has 2 aromatic rings. The predicted octanol–water partition coefficient (Wildman–Crippen LogP) is 4.43. The van der Waals surface area contributed by atoms with Crippen LogP contribution in [0, 0.1) is 5.82 Å². The molecule has 2 unspecified atom stereocenters. The number of benzene rings is 1. The van der Waals surface area contributed by atoms with E-state index in [9.17, 15) is 4.39 Å². The lowest BCUT2D eigenvalue weighted by Crippen LogP contribution is -2.59. The number of hydrogen-bond acceptors (Lipinski definition) is 4. The van der Waals surface area contributed by atoms with Gasteiger partial charge in [-0.05, 0) is 62.8 Å². The van der Waals surface area contributed by atoms with Gasteiger partial charge in [-0.15, -0.1) is 0 Å². The molecule has 4 nitrogen and oxygen atoms in total. The van der Waals surface area contributed by atoms with Gasteiger partial charge in [-0.2, -0.15) is 0 Å². The summed E-state index contributed by atoms with van der Waals surface area (Å²) in [6, 6.07) is 13.1. The van der Waals surface area contributed by atoms with Crippen molar-refractivity contribution in [2.45, 2.75) is 56.7 Å². The molecule has 2 bridgehead atoms. The number of fused-ring (bicyclic) bond motifs is 2. The van der Waals surface area contributed by atoms with Gasteiger partial charge in [0.2, 0.25) is 0 Å².